The van der Waals surface area contributed by atoms with E-state index in [0.29, 0.717) is 131 Å². The smallest absolute Gasteiger partial charge is 0.308 e. The van der Waals surface area contributed by atoms with E-state index in [4.69, 9.17) is 38.6 Å². The molecule has 4 fully saturated rings. The molecule has 2 atom stereocenters. The van der Waals surface area contributed by atoms with Crippen molar-refractivity contribution in [2.24, 2.45) is 0 Å². The number of benzene rings is 2. The van der Waals surface area contributed by atoms with Gasteiger partial charge in [0, 0.05) is 87.2 Å². The number of hydrogen-bond acceptors (Lipinski definition) is 19. The van der Waals surface area contributed by atoms with Gasteiger partial charge in [0.1, 0.15) is 29.6 Å². The first-order chi connectivity index (χ1) is 35.5. The maximum Gasteiger partial charge on any atom is 0.308 e. The van der Waals surface area contributed by atoms with Crippen molar-refractivity contribution in [3.8, 4) is 17.0 Å². The van der Waals surface area contributed by atoms with Crippen LogP contribution in [0.1, 0.15) is 62.4 Å². The zero-order chi connectivity index (χ0) is 50.9. The molecule has 3 aliphatic heterocycles. The Balaban J connectivity index is 0.735. The van der Waals surface area contributed by atoms with Gasteiger partial charge in [0.2, 0.25) is 21.9 Å². The minimum Gasteiger partial charge on any atom is -0.496 e. The lowest BCUT2D eigenvalue weighted by molar-refractivity contribution is -0.146. The number of rotatable bonds is 21. The number of esters is 1. The van der Waals surface area contributed by atoms with Crippen LogP contribution in [0.25, 0.3) is 22.3 Å². The van der Waals surface area contributed by atoms with E-state index in [2.05, 4.69) is 54.5 Å². The van der Waals surface area contributed by atoms with Crippen LogP contribution < -0.4 is 35.4 Å². The lowest BCUT2D eigenvalue weighted by atomic mass is 10.1. The number of nitrogens with zero attached hydrogens (tertiary/aromatic N) is 9. The van der Waals surface area contributed by atoms with Crippen molar-refractivity contribution in [3.63, 3.8) is 0 Å². The number of ether oxygens (including phenoxy) is 5. The molecule has 3 saturated heterocycles. The molecular weight excluding hydrogens is 957 g/mol. The van der Waals surface area contributed by atoms with E-state index in [0.717, 1.165) is 41.0 Å². The van der Waals surface area contributed by atoms with Crippen molar-refractivity contribution >= 4 is 67.8 Å². The molecule has 21 nitrogen and oxygen atoms in total. The third-order valence-corrected chi connectivity index (χ3v) is 15.3. The molecule has 0 radical (unpaired) electrons. The van der Waals surface area contributed by atoms with E-state index in [1.54, 1.807) is 18.3 Å². The molecule has 0 spiro atoms. The molecule has 2 aromatic carbocycles. The first-order valence-electron chi connectivity index (χ1n) is 25.3. The van der Waals surface area contributed by atoms with E-state index >= 15 is 0 Å². The molecule has 0 unspecified atom stereocenters. The highest BCUT2D eigenvalue weighted by molar-refractivity contribution is 7.89. The highest BCUT2D eigenvalue weighted by Gasteiger charge is 2.29. The minimum atomic E-state index is -3.20. The second-order valence-corrected chi connectivity index (χ2v) is 20.9. The zero-order valence-electron chi connectivity index (χ0n) is 42.0. The van der Waals surface area contributed by atoms with Crippen LogP contribution in [0.2, 0.25) is 0 Å². The van der Waals surface area contributed by atoms with Crippen LogP contribution in [0.4, 0.5) is 34.9 Å². The van der Waals surface area contributed by atoms with Crippen molar-refractivity contribution in [2.75, 3.05) is 124 Å². The van der Waals surface area contributed by atoms with Gasteiger partial charge in [-0.1, -0.05) is 0 Å². The molecule has 0 bridgehead atoms. The second-order valence-electron chi connectivity index (χ2n) is 18.6. The average Bonchev–Trinajstić information content (AvgIpc) is 4.24. The average molecular weight is 1020 g/mol. The molecule has 3 aromatic heterocycles. The Kier molecular flexibility index (Phi) is 16.6. The number of aromatic nitrogens is 5. The Hall–Kier alpha value is -6.46. The van der Waals surface area contributed by atoms with Gasteiger partial charge in [0.25, 0.3) is 5.91 Å². The van der Waals surface area contributed by atoms with Gasteiger partial charge in [-0.05, 0) is 94.6 Å². The molecule has 73 heavy (non-hydrogen) atoms. The number of morpholine rings is 2. The highest BCUT2D eigenvalue weighted by Crippen LogP contribution is 2.33. The molecule has 390 valence electrons. The number of amides is 1. The summed E-state index contributed by atoms with van der Waals surface area (Å²) < 4.78 is 54.6. The van der Waals surface area contributed by atoms with E-state index < -0.39 is 16.0 Å². The van der Waals surface area contributed by atoms with Crippen molar-refractivity contribution in [3.05, 3.63) is 71.9 Å². The standard InChI is InChI=1S/C51H66N12O9S/c1-5-73(66,67)61-21-19-60(20-22-61)40-12-10-39(11-13-40)55-50-53-30-42(47(57-50)54-38-8-9-38)49(65)52-18-6-25-69-26-17-45(64)72-33-37-29-36(7-16-44(37)68-4)43-15-14-41-46(56-43)58-51(63-24-28-71-32-35(63)3)59-48(41)62-23-27-70-31-34(62)2/h7,10-16,29-30,34-35,38H,5-6,8-9,17-28,31-33H2,1-4H3,(H,52,65)(H2,53,54,55,57)/t34-,35-/m1/s1. The van der Waals surface area contributed by atoms with E-state index in [1.165, 1.54) is 6.20 Å². The first-order valence-corrected chi connectivity index (χ1v) is 26.9. The van der Waals surface area contributed by atoms with Crippen molar-refractivity contribution in [1.29, 1.82) is 0 Å². The molecular formula is C51H66N12O9S. The van der Waals surface area contributed by atoms with Crippen LogP contribution in [-0.4, -0.2) is 166 Å². The lowest BCUT2D eigenvalue weighted by Gasteiger charge is -2.37. The number of hydrogen-bond donors (Lipinski definition) is 3. The number of fused-ring (bicyclic) bond motifs is 1. The maximum atomic E-state index is 13.3. The van der Waals surface area contributed by atoms with Gasteiger partial charge >= 0.3 is 5.97 Å². The third kappa shape index (κ3) is 12.8. The van der Waals surface area contributed by atoms with Gasteiger partial charge in [-0.2, -0.15) is 19.3 Å². The number of sulfonamides is 1. The quantitative estimate of drug-likeness (QED) is 0.0649. The highest BCUT2D eigenvalue weighted by atomic mass is 32.2. The molecule has 9 rings (SSSR count). The maximum absolute atomic E-state index is 13.3. The molecule has 3 N–H and O–H groups in total. The number of piperazine rings is 1. The number of anilines is 6. The van der Waals surface area contributed by atoms with Crippen LogP contribution in [0.15, 0.2) is 60.8 Å². The second kappa shape index (κ2) is 23.6. The van der Waals surface area contributed by atoms with E-state index in [9.17, 15) is 18.0 Å². The zero-order valence-corrected chi connectivity index (χ0v) is 42.9. The molecule has 22 heteroatoms. The normalized spacial score (nSPS) is 18.7. The predicted molar refractivity (Wildman–Crippen MR) is 278 cm³/mol. The summed E-state index contributed by atoms with van der Waals surface area (Å²) >= 11 is 0. The van der Waals surface area contributed by atoms with Crippen LogP contribution in [0.3, 0.4) is 0 Å². The van der Waals surface area contributed by atoms with Crippen LogP contribution >= 0.6 is 0 Å². The van der Waals surface area contributed by atoms with Crippen molar-refractivity contribution in [2.45, 2.75) is 71.2 Å². The summed E-state index contributed by atoms with van der Waals surface area (Å²) in [7, 11) is -1.62. The fourth-order valence-electron chi connectivity index (χ4n) is 9.00. The summed E-state index contributed by atoms with van der Waals surface area (Å²) in [5.74, 6) is 2.22. The van der Waals surface area contributed by atoms with Gasteiger partial charge in [0.15, 0.2) is 5.65 Å². The summed E-state index contributed by atoms with van der Waals surface area (Å²) in [4.78, 5) is 57.1. The molecule has 1 amide bonds. The Labute approximate surface area is 426 Å². The fraction of sp³-hybridized carbons (Fsp3) is 0.510. The largest absolute Gasteiger partial charge is 0.496 e. The van der Waals surface area contributed by atoms with Crippen LogP contribution in [0, 0.1) is 0 Å². The number of methoxy groups -OCH3 is 1. The summed E-state index contributed by atoms with van der Waals surface area (Å²) in [5, 5.41) is 10.4. The predicted octanol–water partition coefficient (Wildman–Crippen LogP) is 5.00. The lowest BCUT2D eigenvalue weighted by Crippen LogP contribution is -2.49. The Bertz CT molecular complexity index is 2830. The number of pyridine rings is 1. The Morgan fingerprint density at radius 1 is 0.849 bits per heavy atom. The Morgan fingerprint density at radius 3 is 2.32 bits per heavy atom. The van der Waals surface area contributed by atoms with E-state index in [1.807, 2.05) is 54.6 Å². The monoisotopic (exact) mass is 1020 g/mol. The number of carbonyl (C=O) groups is 2. The van der Waals surface area contributed by atoms with Crippen molar-refractivity contribution < 1.29 is 41.7 Å². The number of carbonyl (C=O) groups excluding carboxylic acids is 2. The molecule has 4 aliphatic rings. The third-order valence-electron chi connectivity index (χ3n) is 13.4. The first kappa shape index (κ1) is 51.4. The van der Waals surface area contributed by atoms with Gasteiger partial charge in [-0.15, -0.1) is 0 Å². The minimum absolute atomic E-state index is 0.00294. The summed E-state index contributed by atoms with van der Waals surface area (Å²) in [5.41, 5.74) is 4.92. The van der Waals surface area contributed by atoms with Gasteiger partial charge in [-0.25, -0.2) is 18.4 Å². The molecule has 1 aliphatic carbocycles. The summed E-state index contributed by atoms with van der Waals surface area (Å²) in [6.07, 6.45) is 4.08. The number of nitrogens with one attached hydrogen (secondary N) is 3. The SMILES string of the molecule is CCS(=O)(=O)N1CCN(c2ccc(Nc3ncc(C(=O)NCCCOCCC(=O)OCc4cc(-c5ccc6c(N7CCOC[C@H]7C)nc(N7CCOC[C@H]7C)nc6n5)ccc4OC)c(NC4CC4)n3)cc2)CC1. The van der Waals surface area contributed by atoms with Gasteiger partial charge in [-0.3, -0.25) is 9.59 Å². The summed E-state index contributed by atoms with van der Waals surface area (Å²) in [6, 6.07) is 18.0. The van der Waals surface area contributed by atoms with Gasteiger partial charge < -0.3 is 54.3 Å². The van der Waals surface area contributed by atoms with Crippen LogP contribution in [0.5, 0.6) is 5.75 Å². The van der Waals surface area contributed by atoms with Crippen molar-refractivity contribution in [1.82, 2.24) is 34.5 Å². The van der Waals surface area contributed by atoms with E-state index in [-0.39, 0.29) is 49.4 Å². The molecule has 6 heterocycles. The van der Waals surface area contributed by atoms with Gasteiger partial charge in [0.05, 0.1) is 75.5 Å². The molecule has 5 aromatic rings. The molecule has 1 saturated carbocycles. The Morgan fingerprint density at radius 2 is 1.60 bits per heavy atom. The summed E-state index contributed by atoms with van der Waals surface area (Å²) in [6.45, 7) is 12.7. The topological polar surface area (TPSA) is 228 Å². The van der Waals surface area contributed by atoms with Crippen LogP contribution in [-0.2, 0) is 40.4 Å². The fourth-order valence-corrected chi connectivity index (χ4v) is 10.1.